The van der Waals surface area contributed by atoms with Crippen LogP contribution in [-0.4, -0.2) is 55.1 Å². The standard InChI is InChI=1S/C15H22N2O3/c1-16(2)15(18)12-7-14-13(4-6-20-14)17(9-12)8-11-3-5-19-10-11/h3,5,10,12-14H,4,6-9H2,1-2H3/t12-,13+,14+/m0/s1. The molecule has 2 aliphatic heterocycles. The average molecular weight is 278 g/mol. The molecule has 20 heavy (non-hydrogen) atoms. The summed E-state index contributed by atoms with van der Waals surface area (Å²) in [7, 11) is 3.65. The van der Waals surface area contributed by atoms with E-state index >= 15 is 0 Å². The minimum atomic E-state index is 0.0382. The van der Waals surface area contributed by atoms with Gasteiger partial charge in [0.2, 0.25) is 5.91 Å². The maximum Gasteiger partial charge on any atom is 0.226 e. The van der Waals surface area contributed by atoms with Gasteiger partial charge in [-0.25, -0.2) is 0 Å². The number of furan rings is 1. The lowest BCUT2D eigenvalue weighted by atomic mass is 9.89. The molecule has 0 spiro atoms. The summed E-state index contributed by atoms with van der Waals surface area (Å²) in [5, 5.41) is 0. The Morgan fingerprint density at radius 2 is 2.35 bits per heavy atom. The molecule has 1 amide bonds. The summed E-state index contributed by atoms with van der Waals surface area (Å²) in [5.74, 6) is 0.243. The Bertz CT molecular complexity index is 458. The van der Waals surface area contributed by atoms with Gasteiger partial charge in [-0.3, -0.25) is 9.69 Å². The summed E-state index contributed by atoms with van der Waals surface area (Å²) < 4.78 is 11.0. The lowest BCUT2D eigenvalue weighted by molar-refractivity contribution is -0.137. The average Bonchev–Trinajstić information content (AvgIpc) is 3.07. The zero-order chi connectivity index (χ0) is 14.1. The van der Waals surface area contributed by atoms with Crippen LogP contribution in [-0.2, 0) is 16.1 Å². The van der Waals surface area contributed by atoms with E-state index in [1.807, 2.05) is 20.2 Å². The van der Waals surface area contributed by atoms with Crippen molar-refractivity contribution in [1.82, 2.24) is 9.80 Å². The third-order valence-corrected chi connectivity index (χ3v) is 4.37. The van der Waals surface area contributed by atoms with Gasteiger partial charge in [0.15, 0.2) is 0 Å². The van der Waals surface area contributed by atoms with E-state index in [4.69, 9.17) is 9.15 Å². The van der Waals surface area contributed by atoms with Gasteiger partial charge in [0.25, 0.3) is 0 Å². The van der Waals surface area contributed by atoms with Crippen LogP contribution in [0.5, 0.6) is 0 Å². The Labute approximate surface area is 119 Å². The number of carbonyl (C=O) groups excluding carboxylic acids is 1. The summed E-state index contributed by atoms with van der Waals surface area (Å²) in [6, 6.07) is 2.43. The summed E-state index contributed by atoms with van der Waals surface area (Å²) in [6.07, 6.45) is 5.59. The van der Waals surface area contributed by atoms with Crippen molar-refractivity contribution in [3.05, 3.63) is 24.2 Å². The van der Waals surface area contributed by atoms with Gasteiger partial charge in [0, 0.05) is 45.4 Å². The highest BCUT2D eigenvalue weighted by Crippen LogP contribution is 2.32. The fourth-order valence-electron chi connectivity index (χ4n) is 3.40. The van der Waals surface area contributed by atoms with Crippen molar-refractivity contribution in [1.29, 1.82) is 0 Å². The molecule has 0 radical (unpaired) electrons. The van der Waals surface area contributed by atoms with E-state index < -0.39 is 0 Å². The van der Waals surface area contributed by atoms with Crippen molar-refractivity contribution in [3.63, 3.8) is 0 Å². The quantitative estimate of drug-likeness (QED) is 0.837. The van der Waals surface area contributed by atoms with Gasteiger partial charge in [-0.15, -0.1) is 0 Å². The minimum absolute atomic E-state index is 0.0382. The van der Waals surface area contributed by atoms with Crippen molar-refractivity contribution >= 4 is 5.91 Å². The fraction of sp³-hybridized carbons (Fsp3) is 0.667. The van der Waals surface area contributed by atoms with E-state index in [1.54, 1.807) is 17.4 Å². The van der Waals surface area contributed by atoms with E-state index in [1.165, 1.54) is 0 Å². The molecular formula is C15H22N2O3. The van der Waals surface area contributed by atoms with Crippen LogP contribution in [0.15, 0.2) is 23.0 Å². The van der Waals surface area contributed by atoms with E-state index in [0.717, 1.165) is 38.1 Å². The molecule has 1 aromatic rings. The molecule has 0 aliphatic carbocycles. The maximum atomic E-state index is 12.3. The first-order valence-electron chi connectivity index (χ1n) is 7.23. The van der Waals surface area contributed by atoms with Gasteiger partial charge in [-0.2, -0.15) is 0 Å². The Morgan fingerprint density at radius 3 is 3.05 bits per heavy atom. The molecule has 0 unspecified atom stereocenters. The molecule has 1 aromatic heterocycles. The predicted molar refractivity (Wildman–Crippen MR) is 74.1 cm³/mol. The van der Waals surface area contributed by atoms with Crippen LogP contribution in [0, 0.1) is 5.92 Å². The Balaban J connectivity index is 1.74. The molecule has 3 atom stereocenters. The van der Waals surface area contributed by atoms with Crippen LogP contribution in [0.25, 0.3) is 0 Å². The molecule has 2 aliphatic rings. The number of hydrogen-bond acceptors (Lipinski definition) is 4. The summed E-state index contributed by atoms with van der Waals surface area (Å²) in [4.78, 5) is 16.3. The van der Waals surface area contributed by atoms with Crippen LogP contribution in [0.2, 0.25) is 0 Å². The number of rotatable bonds is 3. The van der Waals surface area contributed by atoms with Gasteiger partial charge >= 0.3 is 0 Å². The lowest BCUT2D eigenvalue weighted by Gasteiger charge is -2.40. The predicted octanol–water partition coefficient (Wildman–Crippen LogP) is 1.35. The first-order chi connectivity index (χ1) is 9.65. The van der Waals surface area contributed by atoms with Crippen molar-refractivity contribution in [3.8, 4) is 0 Å². The highest BCUT2D eigenvalue weighted by molar-refractivity contribution is 5.78. The molecule has 5 heteroatoms. The molecule has 0 bridgehead atoms. The van der Waals surface area contributed by atoms with Crippen LogP contribution in [0.4, 0.5) is 0 Å². The third-order valence-electron chi connectivity index (χ3n) is 4.37. The molecule has 5 nitrogen and oxygen atoms in total. The number of nitrogens with zero attached hydrogens (tertiary/aromatic N) is 2. The summed E-state index contributed by atoms with van der Waals surface area (Å²) in [6.45, 7) is 2.45. The van der Waals surface area contributed by atoms with E-state index in [0.29, 0.717) is 6.04 Å². The van der Waals surface area contributed by atoms with Crippen LogP contribution in [0.3, 0.4) is 0 Å². The summed E-state index contributed by atoms with van der Waals surface area (Å²) >= 11 is 0. The number of carbonyl (C=O) groups is 1. The molecule has 2 saturated heterocycles. The number of hydrogen-bond donors (Lipinski definition) is 0. The van der Waals surface area contributed by atoms with Gasteiger partial charge in [-0.1, -0.05) is 0 Å². The second-order valence-corrected chi connectivity index (χ2v) is 5.99. The Morgan fingerprint density at radius 1 is 1.50 bits per heavy atom. The molecule has 0 saturated carbocycles. The molecule has 3 heterocycles. The largest absolute Gasteiger partial charge is 0.472 e. The van der Waals surface area contributed by atoms with Crippen molar-refractivity contribution in [2.75, 3.05) is 27.2 Å². The molecule has 3 rings (SSSR count). The summed E-state index contributed by atoms with van der Waals surface area (Å²) in [5.41, 5.74) is 1.16. The van der Waals surface area contributed by atoms with Crippen LogP contribution >= 0.6 is 0 Å². The number of ether oxygens (including phenoxy) is 1. The third kappa shape index (κ3) is 2.60. The van der Waals surface area contributed by atoms with Gasteiger partial charge in [0.05, 0.1) is 24.5 Å². The first-order valence-corrected chi connectivity index (χ1v) is 7.23. The zero-order valence-electron chi connectivity index (χ0n) is 12.1. The highest BCUT2D eigenvalue weighted by Gasteiger charge is 2.42. The van der Waals surface area contributed by atoms with Crippen molar-refractivity contribution in [2.45, 2.75) is 31.5 Å². The van der Waals surface area contributed by atoms with Crippen LogP contribution in [0.1, 0.15) is 18.4 Å². The lowest BCUT2D eigenvalue weighted by Crippen LogP contribution is -2.52. The van der Waals surface area contributed by atoms with Gasteiger partial charge < -0.3 is 14.1 Å². The maximum absolute atomic E-state index is 12.3. The highest BCUT2D eigenvalue weighted by atomic mass is 16.5. The normalized spacial score (nSPS) is 30.2. The number of piperidine rings is 1. The Kier molecular flexibility index (Phi) is 3.81. The van der Waals surface area contributed by atoms with E-state index in [9.17, 15) is 4.79 Å². The smallest absolute Gasteiger partial charge is 0.226 e. The minimum Gasteiger partial charge on any atom is -0.472 e. The van der Waals surface area contributed by atoms with Crippen molar-refractivity contribution < 1.29 is 13.9 Å². The number of amides is 1. The van der Waals surface area contributed by atoms with Crippen molar-refractivity contribution in [2.24, 2.45) is 5.92 Å². The monoisotopic (exact) mass is 278 g/mol. The molecule has 0 aromatic carbocycles. The molecule has 2 fully saturated rings. The molecular weight excluding hydrogens is 256 g/mol. The zero-order valence-corrected chi connectivity index (χ0v) is 12.1. The fourth-order valence-corrected chi connectivity index (χ4v) is 3.40. The topological polar surface area (TPSA) is 45.9 Å². The second kappa shape index (κ2) is 5.58. The van der Waals surface area contributed by atoms with Gasteiger partial charge in [0.1, 0.15) is 0 Å². The number of fused-ring (bicyclic) bond motifs is 1. The van der Waals surface area contributed by atoms with Crippen LogP contribution < -0.4 is 0 Å². The first kappa shape index (κ1) is 13.6. The van der Waals surface area contributed by atoms with Gasteiger partial charge in [-0.05, 0) is 18.9 Å². The molecule has 110 valence electrons. The molecule has 0 N–H and O–H groups in total. The van der Waals surface area contributed by atoms with E-state index in [-0.39, 0.29) is 17.9 Å². The SMILES string of the molecule is CN(C)C(=O)[C@H]1C[C@H]2OCC[C@H]2N(Cc2ccoc2)C1. The second-order valence-electron chi connectivity index (χ2n) is 5.99. The van der Waals surface area contributed by atoms with E-state index in [2.05, 4.69) is 4.90 Å². The Hall–Kier alpha value is -1.33. The number of likely N-dealkylation sites (tertiary alicyclic amines) is 1.